The van der Waals surface area contributed by atoms with E-state index in [-0.39, 0.29) is 102 Å². The van der Waals surface area contributed by atoms with Crippen LogP contribution in [0.2, 0.25) is 0 Å². The average molecular weight is 1340 g/mol. The van der Waals surface area contributed by atoms with Crippen molar-refractivity contribution in [1.29, 1.82) is 0 Å². The van der Waals surface area contributed by atoms with Crippen molar-refractivity contribution in [3.05, 3.63) is 126 Å². The molecule has 9 amide bonds. The van der Waals surface area contributed by atoms with Crippen LogP contribution in [0.3, 0.4) is 0 Å². The third-order valence-corrected chi connectivity index (χ3v) is 16.5. The quantitative estimate of drug-likeness (QED) is 0.0129. The van der Waals surface area contributed by atoms with Gasteiger partial charge in [-0.15, -0.1) is 0 Å². The van der Waals surface area contributed by atoms with E-state index in [4.69, 9.17) is 28.7 Å². The van der Waals surface area contributed by atoms with Crippen molar-refractivity contribution in [1.82, 2.24) is 67.4 Å². The van der Waals surface area contributed by atoms with Gasteiger partial charge < -0.3 is 96.2 Å². The molecule has 520 valence electrons. The molecule has 1 saturated heterocycles. The Kier molecular flexibility index (Phi) is 27.0. The third kappa shape index (κ3) is 21.8. The highest BCUT2D eigenvalue weighted by atomic mass is 16.4. The lowest BCUT2D eigenvalue weighted by Gasteiger charge is -2.31. The minimum absolute atomic E-state index is 0.0386. The van der Waals surface area contributed by atoms with Gasteiger partial charge in [0.15, 0.2) is 11.9 Å². The number of benzene rings is 3. The Morgan fingerprint density at radius 1 is 0.557 bits per heavy atom. The summed E-state index contributed by atoms with van der Waals surface area (Å²) >= 11 is 0. The summed E-state index contributed by atoms with van der Waals surface area (Å²) in [6.45, 7) is 6.60. The second-order valence-electron chi connectivity index (χ2n) is 24.6. The molecule has 97 heavy (non-hydrogen) atoms. The maximum atomic E-state index is 15.0. The minimum Gasteiger partial charge on any atom is -0.480 e. The van der Waals surface area contributed by atoms with E-state index < -0.39 is 120 Å². The number of nitrogens with zero attached hydrogens (tertiary/aromatic N) is 4. The van der Waals surface area contributed by atoms with Gasteiger partial charge in [-0.1, -0.05) is 80.6 Å². The highest BCUT2D eigenvalue weighted by Crippen LogP contribution is 2.24. The van der Waals surface area contributed by atoms with Crippen LogP contribution in [0.15, 0.2) is 114 Å². The van der Waals surface area contributed by atoms with Crippen LogP contribution < -0.4 is 71.2 Å². The van der Waals surface area contributed by atoms with E-state index >= 15 is 4.79 Å². The van der Waals surface area contributed by atoms with Crippen molar-refractivity contribution in [2.45, 2.75) is 159 Å². The van der Waals surface area contributed by atoms with E-state index in [0.29, 0.717) is 23.2 Å². The van der Waals surface area contributed by atoms with Crippen LogP contribution >= 0.6 is 0 Å². The number of aromatic nitrogens is 4. The first-order chi connectivity index (χ1) is 46.3. The fourth-order valence-electron chi connectivity index (χ4n) is 11.4. The lowest BCUT2D eigenvalue weighted by atomic mass is 10.00. The molecule has 22 N–H and O–H groups in total. The Hall–Kier alpha value is -10.9. The number of carboxylic acids is 1. The minimum atomic E-state index is -1.42. The number of carbonyl (C=O) groups is 10. The fraction of sp³-hybridized carbons (Fsp3) is 0.439. The van der Waals surface area contributed by atoms with Crippen molar-refractivity contribution in [3.8, 4) is 0 Å². The number of carboxylic acid groups (broad SMARTS) is 1. The first-order valence-electron chi connectivity index (χ1n) is 32.3. The molecule has 10 atom stereocenters. The molecule has 0 saturated carbocycles. The van der Waals surface area contributed by atoms with E-state index in [1.165, 1.54) is 31.3 Å². The van der Waals surface area contributed by atoms with Gasteiger partial charge in [0.05, 0.1) is 12.4 Å². The van der Waals surface area contributed by atoms with Gasteiger partial charge in [-0.2, -0.15) is 0 Å². The van der Waals surface area contributed by atoms with E-state index in [9.17, 15) is 48.3 Å². The van der Waals surface area contributed by atoms with Gasteiger partial charge in [-0.05, 0) is 100.0 Å². The van der Waals surface area contributed by atoms with Crippen molar-refractivity contribution in [2.75, 3.05) is 19.6 Å². The highest BCUT2D eigenvalue weighted by molar-refractivity contribution is 5.99. The maximum Gasteiger partial charge on any atom is 0.325 e. The van der Waals surface area contributed by atoms with E-state index in [2.05, 4.69) is 72.5 Å². The number of nitrogens with one attached hydrogen (secondary N) is 11. The van der Waals surface area contributed by atoms with Crippen LogP contribution in [0.4, 0.5) is 0 Å². The lowest BCUT2D eigenvalue weighted by Crippen LogP contribution is -2.60. The summed E-state index contributed by atoms with van der Waals surface area (Å²) in [6, 6.07) is 10.8. The largest absolute Gasteiger partial charge is 0.480 e. The SMILES string of the molecule is CC(C)C[C@H](NC(=O)[C@H](Cc1ccccc1)NC(=O)[C@H](C)NC(=O)[C@H](CCCN=C(N)N)NC(=O)[C@@H](N)Cc1c[nH]c2ccccc12)C(=O)N1CCC[C@H]1C(=O)N[C@@H](CCCN=C(N)N)C(=O)N[C@@H](Cc1c[nH]c2ccccc12)C(=O)N[C@@H](Cc1cnc[nH]1)C(=O)N[C@@H](C)C(=O)O. The molecule has 7 rings (SSSR count). The molecule has 0 unspecified atom stereocenters. The monoisotopic (exact) mass is 1340 g/mol. The molecule has 3 aromatic carbocycles. The number of fused-ring (bicyclic) bond motifs is 2. The number of imidazole rings is 1. The molecule has 0 radical (unpaired) electrons. The molecule has 31 nitrogen and oxygen atoms in total. The van der Waals surface area contributed by atoms with E-state index in [1.807, 2.05) is 56.3 Å². The van der Waals surface area contributed by atoms with Gasteiger partial charge in [-0.25, -0.2) is 4.98 Å². The summed E-state index contributed by atoms with van der Waals surface area (Å²) in [5.41, 5.74) is 32.8. The molecule has 0 spiro atoms. The van der Waals surface area contributed by atoms with Gasteiger partial charge in [0.1, 0.15) is 54.4 Å². The highest BCUT2D eigenvalue weighted by Gasteiger charge is 2.41. The summed E-state index contributed by atoms with van der Waals surface area (Å²) in [6.07, 6.45) is 7.03. The van der Waals surface area contributed by atoms with Crippen molar-refractivity contribution in [2.24, 2.45) is 44.6 Å². The number of para-hydroxylation sites is 2. The van der Waals surface area contributed by atoms with E-state index in [1.54, 1.807) is 48.8 Å². The van der Waals surface area contributed by atoms with Crippen molar-refractivity contribution >= 4 is 92.9 Å². The number of likely N-dealkylation sites (tertiary alicyclic amines) is 1. The number of H-pyrrole nitrogens is 3. The predicted octanol–water partition coefficient (Wildman–Crippen LogP) is -0.883. The van der Waals surface area contributed by atoms with Gasteiger partial charge in [0.2, 0.25) is 53.2 Å². The Morgan fingerprint density at radius 2 is 1.04 bits per heavy atom. The second kappa shape index (κ2) is 35.6. The summed E-state index contributed by atoms with van der Waals surface area (Å²) in [5, 5.41) is 32.9. The molecule has 1 fully saturated rings. The number of nitrogens with two attached hydrogens (primary N) is 5. The number of aliphatic carboxylic acids is 1. The number of aliphatic imine (C=N–C) groups is 2. The standard InChI is InChI=1S/C66H90N20O11/c1-36(2)27-53(85-60(92)50(28-39-15-6-5-7-16-39)82-55(87)37(3)78-57(89)48(21-12-24-73-65(68)69)80-56(88)45(67)29-40-32-75-46-19-10-8-17-43(40)46)63(95)86-26-14-23-54(86)62(94)81-49(22-13-25-74-66(70)71)58(90)83-51(30-41-33-76-47-20-11-9-18-44(41)47)61(93)84-52(31-42-34-72-35-77-42)59(91)79-38(4)64(96)97/h5-11,15-20,32-38,45,48-54,75-76H,12-14,21-31,67H2,1-4H3,(H,72,77)(H,78,89)(H,79,91)(H,80,88)(H,81,94)(H,82,87)(H,83,90)(H,84,93)(H,85,92)(H,96,97)(H4,68,69,73)(H4,70,71,74)/t37-,38-,45-,48-,49-,50-,51-,52-,53-,54-/m0/s1. The summed E-state index contributed by atoms with van der Waals surface area (Å²) in [5.74, 6) is -8.61. The fourth-order valence-corrected chi connectivity index (χ4v) is 11.4. The van der Waals surface area contributed by atoms with Gasteiger partial charge in [0, 0.05) is 85.0 Å². The average Bonchev–Trinajstić information content (AvgIpc) is 1.75. The van der Waals surface area contributed by atoms with Crippen LogP contribution in [0.1, 0.15) is 95.0 Å². The number of guanidine groups is 2. The Balaban J connectivity index is 1.07. The molecule has 1 aliphatic rings. The van der Waals surface area contributed by atoms with Gasteiger partial charge in [0.25, 0.3) is 0 Å². The number of amides is 9. The Labute approximate surface area is 560 Å². The number of rotatable bonds is 36. The Bertz CT molecular complexity index is 3750. The normalized spacial score (nSPS) is 15.6. The molecule has 0 aliphatic carbocycles. The number of carbonyl (C=O) groups excluding carboxylic acids is 9. The second-order valence-corrected chi connectivity index (χ2v) is 24.6. The van der Waals surface area contributed by atoms with Crippen LogP contribution in [-0.2, 0) is 73.6 Å². The van der Waals surface area contributed by atoms with Crippen LogP contribution in [0, 0.1) is 5.92 Å². The Morgan fingerprint density at radius 3 is 1.61 bits per heavy atom. The van der Waals surface area contributed by atoms with Crippen LogP contribution in [0.25, 0.3) is 21.8 Å². The first kappa shape index (κ1) is 73.6. The molecule has 1 aliphatic heterocycles. The zero-order valence-electron chi connectivity index (χ0n) is 54.8. The molecule has 4 heterocycles. The third-order valence-electron chi connectivity index (χ3n) is 16.5. The topological polar surface area (TPSA) is 505 Å². The van der Waals surface area contributed by atoms with Crippen LogP contribution in [-0.4, -0.2) is 181 Å². The molecule has 0 bridgehead atoms. The number of aromatic amines is 3. The molecular weight excluding hydrogens is 1250 g/mol. The predicted molar refractivity (Wildman–Crippen MR) is 363 cm³/mol. The first-order valence-corrected chi connectivity index (χ1v) is 32.3. The summed E-state index contributed by atoms with van der Waals surface area (Å²) in [7, 11) is 0. The molecular formula is C66H90N20O11. The number of hydrogen-bond donors (Lipinski definition) is 17. The number of hydrogen-bond acceptors (Lipinski definition) is 14. The molecule has 6 aromatic rings. The maximum absolute atomic E-state index is 15.0. The van der Waals surface area contributed by atoms with Gasteiger partial charge >= 0.3 is 5.97 Å². The van der Waals surface area contributed by atoms with Crippen molar-refractivity contribution in [3.63, 3.8) is 0 Å². The van der Waals surface area contributed by atoms with E-state index in [0.717, 1.165) is 27.4 Å². The molecule has 31 heteroatoms. The van der Waals surface area contributed by atoms with Crippen LogP contribution in [0.5, 0.6) is 0 Å². The zero-order valence-corrected chi connectivity index (χ0v) is 54.8. The summed E-state index contributed by atoms with van der Waals surface area (Å²) < 4.78 is 0. The lowest BCUT2D eigenvalue weighted by molar-refractivity contribution is -0.143. The summed E-state index contributed by atoms with van der Waals surface area (Å²) in [4.78, 5) is 164. The smallest absolute Gasteiger partial charge is 0.325 e. The van der Waals surface area contributed by atoms with Crippen molar-refractivity contribution < 1.29 is 53.1 Å². The zero-order chi connectivity index (χ0) is 70.3. The molecule has 3 aromatic heterocycles. The van der Waals surface area contributed by atoms with Gasteiger partial charge in [-0.3, -0.25) is 57.9 Å².